The Morgan fingerprint density at radius 3 is 2.43 bits per heavy atom. The topological polar surface area (TPSA) is 142 Å². The maximum atomic E-state index is 11.7. The third kappa shape index (κ3) is 6.80. The zero-order valence-corrected chi connectivity index (χ0v) is 12.4. The molecule has 0 aliphatic heterocycles. The van der Waals surface area contributed by atoms with Crippen molar-refractivity contribution in [3.05, 3.63) is 29.8 Å². The molecule has 0 aliphatic carbocycles. The largest absolute Gasteiger partial charge is 0.478 e. The fraction of sp³-hybridized carbons (Fsp3) is 0.308. The molecule has 0 spiro atoms. The van der Waals surface area contributed by atoms with Gasteiger partial charge in [-0.2, -0.15) is 0 Å². The molecule has 0 amide bonds. The summed E-state index contributed by atoms with van der Waals surface area (Å²) in [4.78, 5) is 22.9. The number of nitrogens with two attached hydrogens (primary N) is 3. The average Bonchev–Trinajstić information content (AvgIpc) is 2.47. The fourth-order valence-corrected chi connectivity index (χ4v) is 1.45. The molecule has 0 saturated carbocycles. The van der Waals surface area contributed by atoms with E-state index in [9.17, 15) is 9.59 Å². The van der Waals surface area contributed by atoms with Gasteiger partial charge in [-0.1, -0.05) is 24.4 Å². The number of esters is 1. The summed E-state index contributed by atoms with van der Waals surface area (Å²) >= 11 is 4.68. The Morgan fingerprint density at radius 1 is 1.33 bits per heavy atom. The third-order valence-corrected chi connectivity index (χ3v) is 2.54. The first-order valence-electron chi connectivity index (χ1n) is 6.07. The van der Waals surface area contributed by atoms with Crippen LogP contribution in [0.4, 0.5) is 0 Å². The molecule has 0 fully saturated rings. The highest BCUT2D eigenvalue weighted by atomic mass is 32.1. The summed E-state index contributed by atoms with van der Waals surface area (Å²) in [6.45, 7) is 0. The molecule has 1 atom stereocenters. The van der Waals surface area contributed by atoms with Gasteiger partial charge in [-0.3, -0.25) is 0 Å². The Balaban J connectivity index is 0.00000191. The first kappa shape index (κ1) is 19.0. The van der Waals surface area contributed by atoms with Gasteiger partial charge in [0.05, 0.1) is 4.99 Å². The van der Waals surface area contributed by atoms with Crippen LogP contribution < -0.4 is 21.9 Å². The number of ether oxygens (including phenoxy) is 1. The maximum absolute atomic E-state index is 11.7. The molecule has 116 valence electrons. The van der Waals surface area contributed by atoms with Gasteiger partial charge in [0, 0.05) is 0 Å². The zero-order valence-electron chi connectivity index (χ0n) is 11.6. The van der Waals surface area contributed by atoms with E-state index in [2.05, 4.69) is 18.0 Å². The van der Waals surface area contributed by atoms with Crippen LogP contribution in [0.25, 0.3) is 0 Å². The number of thiocarbonyl (C=S) groups is 1. The SMILES string of the molecule is CN.NC(=S)CCC(N)C(=O)Oc1ccccc1C(=O)O. The number of para-hydroxylation sites is 1. The van der Waals surface area contributed by atoms with Gasteiger partial charge in [0.2, 0.25) is 0 Å². The Kier molecular flexibility index (Phi) is 8.86. The van der Waals surface area contributed by atoms with E-state index in [4.69, 9.17) is 21.3 Å². The van der Waals surface area contributed by atoms with Crippen molar-refractivity contribution in [2.45, 2.75) is 18.9 Å². The number of carboxylic acids is 1. The third-order valence-electron chi connectivity index (χ3n) is 2.33. The van der Waals surface area contributed by atoms with Crippen LogP contribution in [-0.4, -0.2) is 35.1 Å². The molecule has 7 nitrogen and oxygen atoms in total. The number of benzene rings is 1. The van der Waals surface area contributed by atoms with Crippen LogP contribution in [0.2, 0.25) is 0 Å². The number of carbonyl (C=O) groups excluding carboxylic acids is 1. The lowest BCUT2D eigenvalue weighted by Crippen LogP contribution is -2.35. The van der Waals surface area contributed by atoms with Crippen LogP contribution in [0.5, 0.6) is 5.75 Å². The number of carbonyl (C=O) groups is 2. The van der Waals surface area contributed by atoms with Gasteiger partial charge in [0.15, 0.2) is 0 Å². The standard InChI is InChI=1S/C12H14N2O4S.CH5N/c13-8(5-6-10(14)19)12(17)18-9-4-2-1-3-7(9)11(15)16;1-2/h1-4,8H,5-6,13H2,(H2,14,19)(H,15,16);2H2,1H3. The van der Waals surface area contributed by atoms with Crippen molar-refractivity contribution in [3.63, 3.8) is 0 Å². The molecule has 1 unspecified atom stereocenters. The maximum Gasteiger partial charge on any atom is 0.339 e. The molecule has 0 heterocycles. The van der Waals surface area contributed by atoms with Gasteiger partial charge in [-0.05, 0) is 32.0 Å². The van der Waals surface area contributed by atoms with E-state index in [-0.39, 0.29) is 22.7 Å². The smallest absolute Gasteiger partial charge is 0.339 e. The summed E-state index contributed by atoms with van der Waals surface area (Å²) in [5.74, 6) is -1.93. The summed E-state index contributed by atoms with van der Waals surface area (Å²) in [5.41, 5.74) is 15.3. The molecule has 21 heavy (non-hydrogen) atoms. The Hall–Kier alpha value is -2.03. The van der Waals surface area contributed by atoms with Gasteiger partial charge in [0.25, 0.3) is 0 Å². The van der Waals surface area contributed by atoms with Crippen LogP contribution >= 0.6 is 12.2 Å². The Morgan fingerprint density at radius 2 is 1.90 bits per heavy atom. The molecular formula is C13H19N3O4S. The van der Waals surface area contributed by atoms with E-state index in [1.54, 1.807) is 6.07 Å². The molecule has 8 heteroatoms. The first-order valence-corrected chi connectivity index (χ1v) is 6.48. The van der Waals surface area contributed by atoms with Crippen LogP contribution in [0, 0.1) is 0 Å². The monoisotopic (exact) mass is 313 g/mol. The van der Waals surface area contributed by atoms with E-state index in [0.717, 1.165) is 0 Å². The van der Waals surface area contributed by atoms with Crippen LogP contribution in [0.15, 0.2) is 24.3 Å². The van der Waals surface area contributed by atoms with Crippen molar-refractivity contribution in [3.8, 4) is 5.75 Å². The minimum absolute atomic E-state index is 0.0363. The number of carboxylic acid groups (broad SMARTS) is 1. The second-order valence-corrected chi connectivity index (χ2v) is 4.36. The van der Waals surface area contributed by atoms with Crippen LogP contribution in [-0.2, 0) is 4.79 Å². The highest BCUT2D eigenvalue weighted by Gasteiger charge is 2.19. The molecule has 7 N–H and O–H groups in total. The van der Waals surface area contributed by atoms with Crippen molar-refractivity contribution >= 4 is 29.1 Å². The van der Waals surface area contributed by atoms with Gasteiger partial charge >= 0.3 is 11.9 Å². The highest BCUT2D eigenvalue weighted by Crippen LogP contribution is 2.18. The van der Waals surface area contributed by atoms with E-state index in [1.165, 1.54) is 25.2 Å². The molecule has 0 aliphatic rings. The lowest BCUT2D eigenvalue weighted by atomic mass is 10.1. The van der Waals surface area contributed by atoms with Crippen molar-refractivity contribution in [1.82, 2.24) is 0 Å². The van der Waals surface area contributed by atoms with E-state index in [1.807, 2.05) is 0 Å². The van der Waals surface area contributed by atoms with Crippen molar-refractivity contribution in [2.24, 2.45) is 17.2 Å². The predicted octanol–water partition coefficient (Wildman–Crippen LogP) is 0.259. The Bertz CT molecular complexity index is 508. The lowest BCUT2D eigenvalue weighted by Gasteiger charge is -2.12. The van der Waals surface area contributed by atoms with Crippen molar-refractivity contribution in [1.29, 1.82) is 0 Å². The van der Waals surface area contributed by atoms with E-state index in [0.29, 0.717) is 6.42 Å². The molecule has 1 rings (SSSR count). The first-order chi connectivity index (χ1) is 9.91. The van der Waals surface area contributed by atoms with E-state index < -0.39 is 18.0 Å². The number of hydrogen-bond acceptors (Lipinski definition) is 6. The highest BCUT2D eigenvalue weighted by molar-refractivity contribution is 7.80. The van der Waals surface area contributed by atoms with Crippen LogP contribution in [0.1, 0.15) is 23.2 Å². The predicted molar refractivity (Wildman–Crippen MR) is 83.1 cm³/mol. The van der Waals surface area contributed by atoms with E-state index >= 15 is 0 Å². The minimum Gasteiger partial charge on any atom is -0.478 e. The summed E-state index contributed by atoms with van der Waals surface area (Å²) in [6.07, 6.45) is 0.579. The lowest BCUT2D eigenvalue weighted by molar-refractivity contribution is -0.135. The second kappa shape index (κ2) is 9.81. The molecule has 0 saturated heterocycles. The molecule has 1 aromatic carbocycles. The minimum atomic E-state index is -1.18. The average molecular weight is 313 g/mol. The molecule has 0 bridgehead atoms. The molecular weight excluding hydrogens is 294 g/mol. The number of hydrogen-bond donors (Lipinski definition) is 4. The van der Waals surface area contributed by atoms with Crippen molar-refractivity contribution in [2.75, 3.05) is 7.05 Å². The van der Waals surface area contributed by atoms with Crippen LogP contribution in [0.3, 0.4) is 0 Å². The van der Waals surface area contributed by atoms with Gasteiger partial charge in [-0.15, -0.1) is 0 Å². The number of rotatable bonds is 6. The quantitative estimate of drug-likeness (QED) is 0.333. The number of aromatic carboxylic acids is 1. The second-order valence-electron chi connectivity index (χ2n) is 3.83. The van der Waals surface area contributed by atoms with Gasteiger partial charge in [0.1, 0.15) is 17.4 Å². The van der Waals surface area contributed by atoms with Crippen molar-refractivity contribution < 1.29 is 19.4 Å². The normalized spacial score (nSPS) is 10.8. The summed E-state index contributed by atoms with van der Waals surface area (Å²) in [6, 6.07) is 4.93. The van der Waals surface area contributed by atoms with Gasteiger partial charge in [-0.25, -0.2) is 9.59 Å². The fourth-order valence-electron chi connectivity index (χ4n) is 1.33. The zero-order chi connectivity index (χ0) is 16.4. The Labute approximate surface area is 128 Å². The summed E-state index contributed by atoms with van der Waals surface area (Å²) < 4.78 is 4.97. The molecule has 0 aromatic heterocycles. The molecule has 1 aromatic rings. The molecule has 0 radical (unpaired) electrons. The summed E-state index contributed by atoms with van der Waals surface area (Å²) in [5, 5.41) is 8.94. The van der Waals surface area contributed by atoms with Gasteiger partial charge < -0.3 is 27.0 Å². The summed E-state index contributed by atoms with van der Waals surface area (Å²) in [7, 11) is 1.50.